The molecule has 2 aromatic rings. The summed E-state index contributed by atoms with van der Waals surface area (Å²) in [4.78, 5) is 14.1. The first-order chi connectivity index (χ1) is 9.89. The van der Waals surface area contributed by atoms with Crippen LogP contribution in [0.5, 0.6) is 0 Å². The first kappa shape index (κ1) is 14.9. The van der Waals surface area contributed by atoms with Crippen molar-refractivity contribution in [2.75, 3.05) is 11.6 Å². The lowest BCUT2D eigenvalue weighted by Gasteiger charge is -2.09. The van der Waals surface area contributed by atoms with Gasteiger partial charge in [0, 0.05) is 25.2 Å². The predicted molar refractivity (Wildman–Crippen MR) is 77.8 cm³/mol. The van der Waals surface area contributed by atoms with E-state index in [4.69, 9.17) is 0 Å². The Morgan fingerprint density at radius 3 is 2.48 bits per heavy atom. The molecule has 0 unspecified atom stereocenters. The summed E-state index contributed by atoms with van der Waals surface area (Å²) >= 11 is 0. The van der Waals surface area contributed by atoms with Crippen LogP contribution in [0.2, 0.25) is 0 Å². The van der Waals surface area contributed by atoms with Crippen molar-refractivity contribution in [3.63, 3.8) is 0 Å². The molecule has 0 aliphatic carbocycles. The Morgan fingerprint density at radius 2 is 1.90 bits per heavy atom. The second kappa shape index (κ2) is 5.88. The number of rotatable bonds is 5. The molecule has 0 bridgehead atoms. The maximum Gasteiger partial charge on any atom is 0.310 e. The molecular formula is C13H13N3O4S. The van der Waals surface area contributed by atoms with Crippen LogP contribution in [0, 0.1) is 10.1 Å². The minimum Gasteiger partial charge on any atom is -0.375 e. The molecule has 110 valence electrons. The summed E-state index contributed by atoms with van der Waals surface area (Å²) in [5, 5.41) is 14.1. The van der Waals surface area contributed by atoms with E-state index in [1.165, 1.54) is 18.2 Å². The van der Waals surface area contributed by atoms with E-state index in [0.29, 0.717) is 6.54 Å². The summed E-state index contributed by atoms with van der Waals surface area (Å²) in [6, 6.07) is 7.70. The smallest absolute Gasteiger partial charge is 0.310 e. The summed E-state index contributed by atoms with van der Waals surface area (Å²) in [5.41, 5.74) is 0.609. The third kappa shape index (κ3) is 3.54. The van der Waals surface area contributed by atoms with Crippen LogP contribution in [-0.2, 0) is 16.4 Å². The zero-order valence-corrected chi connectivity index (χ0v) is 12.0. The fourth-order valence-corrected chi connectivity index (χ4v) is 2.71. The molecule has 21 heavy (non-hydrogen) atoms. The second-order valence-electron chi connectivity index (χ2n) is 4.39. The third-order valence-corrected chi connectivity index (χ3v) is 3.94. The van der Waals surface area contributed by atoms with Crippen molar-refractivity contribution < 1.29 is 13.3 Å². The topological polar surface area (TPSA) is 102 Å². The van der Waals surface area contributed by atoms with E-state index in [1.54, 1.807) is 24.5 Å². The van der Waals surface area contributed by atoms with Gasteiger partial charge in [-0.3, -0.25) is 15.1 Å². The molecule has 1 heterocycles. The molecule has 0 saturated heterocycles. The number of sulfone groups is 1. The largest absolute Gasteiger partial charge is 0.375 e. The van der Waals surface area contributed by atoms with E-state index in [1.807, 2.05) is 0 Å². The fraction of sp³-hybridized carbons (Fsp3) is 0.154. The summed E-state index contributed by atoms with van der Waals surface area (Å²) < 4.78 is 23.3. The highest BCUT2D eigenvalue weighted by Gasteiger charge is 2.25. The Bertz CT molecular complexity index is 760. The lowest BCUT2D eigenvalue weighted by atomic mass is 10.2. The molecule has 7 nitrogen and oxygen atoms in total. The number of para-hydroxylation sites is 1. The van der Waals surface area contributed by atoms with Crippen molar-refractivity contribution in [2.45, 2.75) is 11.4 Å². The van der Waals surface area contributed by atoms with E-state index in [-0.39, 0.29) is 10.6 Å². The number of benzene rings is 1. The van der Waals surface area contributed by atoms with Crippen molar-refractivity contribution >= 4 is 21.2 Å². The lowest BCUT2D eigenvalue weighted by Crippen LogP contribution is -2.07. The van der Waals surface area contributed by atoms with Crippen LogP contribution in [0.4, 0.5) is 11.4 Å². The molecule has 0 atom stereocenters. The van der Waals surface area contributed by atoms with Gasteiger partial charge in [0.2, 0.25) is 0 Å². The van der Waals surface area contributed by atoms with E-state index >= 15 is 0 Å². The number of anilines is 1. The quantitative estimate of drug-likeness (QED) is 0.669. The minimum absolute atomic E-state index is 0.166. The van der Waals surface area contributed by atoms with Gasteiger partial charge >= 0.3 is 5.69 Å². The van der Waals surface area contributed by atoms with Crippen LogP contribution < -0.4 is 5.32 Å². The fourth-order valence-electron chi connectivity index (χ4n) is 1.85. The molecule has 0 aliphatic rings. The normalized spacial score (nSPS) is 11.1. The highest BCUT2D eigenvalue weighted by Crippen LogP contribution is 2.32. The Kier molecular flexibility index (Phi) is 4.18. The van der Waals surface area contributed by atoms with E-state index in [0.717, 1.165) is 11.8 Å². The van der Waals surface area contributed by atoms with Crippen molar-refractivity contribution in [3.05, 3.63) is 58.4 Å². The van der Waals surface area contributed by atoms with Crippen molar-refractivity contribution in [2.24, 2.45) is 0 Å². The van der Waals surface area contributed by atoms with Crippen LogP contribution >= 0.6 is 0 Å². The number of pyridine rings is 1. The molecule has 1 aromatic carbocycles. The SMILES string of the molecule is CS(=O)(=O)c1cccc(NCc2ccncc2)c1[N+](=O)[O-]. The molecular weight excluding hydrogens is 294 g/mol. The minimum atomic E-state index is -3.68. The molecule has 0 radical (unpaired) electrons. The van der Waals surface area contributed by atoms with Gasteiger partial charge in [0.15, 0.2) is 9.84 Å². The molecule has 0 spiro atoms. The monoisotopic (exact) mass is 307 g/mol. The first-order valence-electron chi connectivity index (χ1n) is 6.00. The summed E-state index contributed by atoms with van der Waals surface area (Å²) in [6.45, 7) is 0.330. The molecule has 2 rings (SSSR count). The molecule has 0 amide bonds. The lowest BCUT2D eigenvalue weighted by molar-refractivity contribution is -0.386. The number of nitrogens with zero attached hydrogens (tertiary/aromatic N) is 2. The van der Waals surface area contributed by atoms with Gasteiger partial charge in [-0.1, -0.05) is 6.07 Å². The van der Waals surface area contributed by atoms with Gasteiger partial charge in [0.1, 0.15) is 10.6 Å². The van der Waals surface area contributed by atoms with E-state index in [9.17, 15) is 18.5 Å². The molecule has 0 fully saturated rings. The number of hydrogen-bond donors (Lipinski definition) is 1. The maximum atomic E-state index is 11.6. The molecule has 1 aromatic heterocycles. The number of nitro groups is 1. The Labute approximate surface area is 121 Å². The highest BCUT2D eigenvalue weighted by atomic mass is 32.2. The van der Waals surface area contributed by atoms with Gasteiger partial charge in [0.05, 0.1) is 4.92 Å². The Balaban J connectivity index is 2.38. The summed E-state index contributed by atoms with van der Waals surface area (Å²) in [6.07, 6.45) is 4.17. The highest BCUT2D eigenvalue weighted by molar-refractivity contribution is 7.90. The number of nitrogens with one attached hydrogen (secondary N) is 1. The maximum absolute atomic E-state index is 11.6. The standard InChI is InChI=1S/C13H13N3O4S/c1-21(19,20)12-4-2-3-11(13(12)16(17)18)15-9-10-5-7-14-8-6-10/h2-8,15H,9H2,1H3. The predicted octanol–water partition coefficient (Wildman–Crippen LogP) is 2.01. The van der Waals surface area contributed by atoms with Crippen LogP contribution in [-0.4, -0.2) is 24.6 Å². The molecule has 0 saturated carbocycles. The van der Waals surface area contributed by atoms with Crippen molar-refractivity contribution in [3.8, 4) is 0 Å². The second-order valence-corrected chi connectivity index (χ2v) is 6.37. The number of aromatic nitrogens is 1. The van der Waals surface area contributed by atoms with Crippen molar-refractivity contribution in [1.29, 1.82) is 0 Å². The Hall–Kier alpha value is -2.48. The average molecular weight is 307 g/mol. The summed E-state index contributed by atoms with van der Waals surface area (Å²) in [7, 11) is -3.68. The van der Waals surface area contributed by atoms with Crippen LogP contribution in [0.25, 0.3) is 0 Å². The zero-order valence-electron chi connectivity index (χ0n) is 11.2. The summed E-state index contributed by atoms with van der Waals surface area (Å²) in [5.74, 6) is 0. The Morgan fingerprint density at radius 1 is 1.24 bits per heavy atom. The van der Waals surface area contributed by atoms with Gasteiger partial charge in [-0.15, -0.1) is 0 Å². The average Bonchev–Trinajstić information content (AvgIpc) is 2.44. The molecule has 0 aliphatic heterocycles. The zero-order chi connectivity index (χ0) is 15.5. The van der Waals surface area contributed by atoms with E-state index in [2.05, 4.69) is 10.3 Å². The molecule has 1 N–H and O–H groups in total. The van der Waals surface area contributed by atoms with E-state index < -0.39 is 20.4 Å². The number of hydrogen-bond acceptors (Lipinski definition) is 6. The van der Waals surface area contributed by atoms with Gasteiger partial charge in [-0.05, 0) is 29.8 Å². The van der Waals surface area contributed by atoms with Gasteiger partial charge in [-0.25, -0.2) is 8.42 Å². The number of nitro benzene ring substituents is 1. The molecule has 8 heteroatoms. The van der Waals surface area contributed by atoms with Crippen molar-refractivity contribution in [1.82, 2.24) is 4.98 Å². The van der Waals surface area contributed by atoms with Gasteiger partial charge < -0.3 is 5.32 Å². The first-order valence-corrected chi connectivity index (χ1v) is 7.89. The third-order valence-electron chi connectivity index (χ3n) is 2.81. The van der Waals surface area contributed by atoms with Crippen LogP contribution in [0.15, 0.2) is 47.6 Å². The van der Waals surface area contributed by atoms with Crippen LogP contribution in [0.1, 0.15) is 5.56 Å². The van der Waals surface area contributed by atoms with Crippen LogP contribution in [0.3, 0.4) is 0 Å². The van der Waals surface area contributed by atoms with Gasteiger partial charge in [0.25, 0.3) is 0 Å². The van der Waals surface area contributed by atoms with Gasteiger partial charge in [-0.2, -0.15) is 0 Å².